The molecular weight excluding hydrogens is 401 g/mol. The summed E-state index contributed by atoms with van der Waals surface area (Å²) in [6.07, 6.45) is 1.01. The molecule has 0 amide bonds. The molecule has 166 valence electrons. The predicted molar refractivity (Wildman–Crippen MR) is 140 cm³/mol. The van der Waals surface area contributed by atoms with Gasteiger partial charge in [-0.15, -0.1) is 0 Å². The Morgan fingerprint density at radius 3 is 2.09 bits per heavy atom. The zero-order chi connectivity index (χ0) is 23.2. The summed E-state index contributed by atoms with van der Waals surface area (Å²) >= 11 is 0. The summed E-state index contributed by atoms with van der Waals surface area (Å²) in [7, 11) is 6.52. The second-order valence-electron chi connectivity index (χ2n) is 10.8. The molecular formula is C29H32BN3. The molecule has 33 heavy (non-hydrogen) atoms. The molecule has 5 rings (SSSR count). The fraction of sp³-hybridized carbons (Fsp3) is 0.345. The van der Waals surface area contributed by atoms with Gasteiger partial charge in [-0.05, 0) is 43.9 Å². The van der Waals surface area contributed by atoms with Crippen molar-refractivity contribution in [2.45, 2.75) is 51.6 Å². The van der Waals surface area contributed by atoms with Gasteiger partial charge in [0.05, 0.1) is 17.1 Å². The van der Waals surface area contributed by atoms with Crippen molar-refractivity contribution in [3.05, 3.63) is 95.6 Å². The summed E-state index contributed by atoms with van der Waals surface area (Å²) in [5.41, 5.74) is 6.72. The van der Waals surface area contributed by atoms with Gasteiger partial charge in [-0.25, -0.2) is 4.99 Å². The van der Waals surface area contributed by atoms with Crippen LogP contribution in [0.2, 0.25) is 0 Å². The lowest BCUT2D eigenvalue weighted by Gasteiger charge is -2.39. The fourth-order valence-corrected chi connectivity index (χ4v) is 5.54. The molecule has 1 saturated heterocycles. The summed E-state index contributed by atoms with van der Waals surface area (Å²) in [5.74, 6) is 0.394. The molecule has 1 fully saturated rings. The number of rotatable bonds is 3. The molecule has 2 aliphatic rings. The Hall–Kier alpha value is -2.85. The summed E-state index contributed by atoms with van der Waals surface area (Å²) in [6, 6.07) is 27.8. The van der Waals surface area contributed by atoms with Crippen LogP contribution < -0.4 is 5.32 Å². The van der Waals surface area contributed by atoms with E-state index in [1.54, 1.807) is 0 Å². The summed E-state index contributed by atoms with van der Waals surface area (Å²) < 4.78 is 0. The van der Waals surface area contributed by atoms with Gasteiger partial charge in [-0.3, -0.25) is 0 Å². The Labute approximate surface area is 199 Å². The van der Waals surface area contributed by atoms with Gasteiger partial charge in [0.25, 0.3) is 0 Å². The van der Waals surface area contributed by atoms with Crippen molar-refractivity contribution >= 4 is 25.1 Å². The molecule has 4 heteroatoms. The van der Waals surface area contributed by atoms with Gasteiger partial charge in [0.2, 0.25) is 0 Å². The smallest absolute Gasteiger partial charge is 0.183 e. The minimum atomic E-state index is -0.0709. The van der Waals surface area contributed by atoms with Crippen LogP contribution in [0.5, 0.6) is 0 Å². The normalized spacial score (nSPS) is 23.0. The van der Waals surface area contributed by atoms with E-state index in [2.05, 4.69) is 99.7 Å². The molecule has 0 unspecified atom stereocenters. The molecule has 2 atom stereocenters. The molecule has 0 aromatic heterocycles. The first kappa shape index (κ1) is 22.0. The van der Waals surface area contributed by atoms with Crippen LogP contribution in [0.3, 0.4) is 0 Å². The van der Waals surface area contributed by atoms with E-state index in [4.69, 9.17) is 13.0 Å². The van der Waals surface area contributed by atoms with E-state index >= 15 is 0 Å². The van der Waals surface area contributed by atoms with Gasteiger partial charge in [-0.1, -0.05) is 86.6 Å². The number of hydrogen-bond acceptors (Lipinski definition) is 3. The monoisotopic (exact) mass is 433 g/mol. The minimum Gasteiger partial charge on any atom is -0.379 e. The zero-order valence-electron chi connectivity index (χ0n) is 20.0. The van der Waals surface area contributed by atoms with Gasteiger partial charge in [0.1, 0.15) is 0 Å². The molecule has 0 spiro atoms. The van der Waals surface area contributed by atoms with E-state index in [1.165, 1.54) is 11.3 Å². The highest BCUT2D eigenvalue weighted by atomic mass is 15.1. The van der Waals surface area contributed by atoms with E-state index in [0.717, 1.165) is 35.5 Å². The molecule has 2 radical (unpaired) electrons. The van der Waals surface area contributed by atoms with Crippen LogP contribution in [0.4, 0.5) is 11.4 Å². The molecule has 3 aromatic rings. The second-order valence-corrected chi connectivity index (χ2v) is 10.8. The van der Waals surface area contributed by atoms with Crippen LogP contribution in [0, 0.1) is 5.41 Å². The van der Waals surface area contributed by atoms with Crippen molar-refractivity contribution in [3.63, 3.8) is 0 Å². The molecule has 2 heterocycles. The zero-order valence-corrected chi connectivity index (χ0v) is 20.0. The first-order chi connectivity index (χ1) is 15.8. The highest BCUT2D eigenvalue weighted by Gasteiger charge is 2.48. The van der Waals surface area contributed by atoms with Crippen molar-refractivity contribution in [2.75, 3.05) is 11.9 Å². The molecule has 0 aliphatic carbocycles. The van der Waals surface area contributed by atoms with Gasteiger partial charge < -0.3 is 10.1 Å². The Bertz CT molecular complexity index is 1130. The maximum Gasteiger partial charge on any atom is 0.183 e. The quantitative estimate of drug-likeness (QED) is 0.386. The van der Waals surface area contributed by atoms with Gasteiger partial charge in [0.15, 0.2) is 7.98 Å². The lowest BCUT2D eigenvalue weighted by atomic mass is 9.75. The average molecular weight is 433 g/mol. The van der Waals surface area contributed by atoms with Gasteiger partial charge in [0, 0.05) is 28.6 Å². The summed E-state index contributed by atoms with van der Waals surface area (Å²) in [4.78, 5) is 7.31. The topological polar surface area (TPSA) is 27.6 Å². The van der Waals surface area contributed by atoms with Crippen molar-refractivity contribution in [3.8, 4) is 0 Å². The standard InChI is InChI=1S/C29H32BN3/c1-28(2)19-33(30)29(3,4)18-23-22-16-11-17-24(26(22)32-27(23)28)31-25(20-12-7-5-8-13-20)21-14-9-6-10-15-21/h5-17,23,27,32H,18-19H2,1-4H3/t23-,27+/m0/s1. The predicted octanol–water partition coefficient (Wildman–Crippen LogP) is 6.33. The number of anilines is 1. The maximum atomic E-state index is 6.52. The number of benzene rings is 3. The van der Waals surface area contributed by atoms with Crippen molar-refractivity contribution in [1.82, 2.24) is 4.81 Å². The van der Waals surface area contributed by atoms with Crippen LogP contribution in [-0.4, -0.2) is 36.6 Å². The molecule has 3 nitrogen and oxygen atoms in total. The number of fused-ring (bicyclic) bond motifs is 3. The molecule has 3 aromatic carbocycles. The van der Waals surface area contributed by atoms with Crippen molar-refractivity contribution in [2.24, 2.45) is 10.4 Å². The third kappa shape index (κ3) is 4.02. The number of nitrogens with one attached hydrogen (secondary N) is 1. The van der Waals surface area contributed by atoms with E-state index in [0.29, 0.717) is 12.0 Å². The highest BCUT2D eigenvalue weighted by Crippen LogP contribution is 2.52. The Kier molecular flexibility index (Phi) is 5.45. The molecule has 0 saturated carbocycles. The summed E-state index contributed by atoms with van der Waals surface area (Å²) in [6.45, 7) is 10.0. The van der Waals surface area contributed by atoms with Crippen LogP contribution in [0.1, 0.15) is 56.7 Å². The van der Waals surface area contributed by atoms with Crippen LogP contribution in [0.25, 0.3) is 0 Å². The van der Waals surface area contributed by atoms with Crippen LogP contribution in [-0.2, 0) is 0 Å². The first-order valence-electron chi connectivity index (χ1n) is 11.9. The van der Waals surface area contributed by atoms with Gasteiger partial charge >= 0.3 is 0 Å². The van der Waals surface area contributed by atoms with Gasteiger partial charge in [-0.2, -0.15) is 0 Å². The van der Waals surface area contributed by atoms with E-state index in [-0.39, 0.29) is 11.0 Å². The third-order valence-electron chi connectivity index (χ3n) is 7.42. The second kappa shape index (κ2) is 8.18. The number of hydrogen-bond donors (Lipinski definition) is 1. The Morgan fingerprint density at radius 2 is 1.48 bits per heavy atom. The lowest BCUT2D eigenvalue weighted by molar-refractivity contribution is 0.186. The van der Waals surface area contributed by atoms with Crippen LogP contribution in [0.15, 0.2) is 83.9 Å². The SMILES string of the molecule is [B]N1CC(C)(C)[C@@H]2Nc3c(N=C(c4ccccc4)c4ccccc4)cccc3[C@@H]2CC1(C)C. The largest absolute Gasteiger partial charge is 0.379 e. The van der Waals surface area contributed by atoms with Crippen LogP contribution >= 0.6 is 0 Å². The van der Waals surface area contributed by atoms with E-state index < -0.39 is 0 Å². The van der Waals surface area contributed by atoms with Crippen molar-refractivity contribution < 1.29 is 0 Å². The number of aliphatic imine (C=N–C) groups is 1. The molecule has 2 aliphatic heterocycles. The van der Waals surface area contributed by atoms with Crippen molar-refractivity contribution in [1.29, 1.82) is 0 Å². The third-order valence-corrected chi connectivity index (χ3v) is 7.42. The first-order valence-corrected chi connectivity index (χ1v) is 11.9. The lowest BCUT2D eigenvalue weighted by Crippen LogP contribution is -2.46. The average Bonchev–Trinajstić information content (AvgIpc) is 3.15. The molecule has 0 bridgehead atoms. The highest BCUT2D eigenvalue weighted by molar-refractivity contribution is 6.14. The Balaban J connectivity index is 1.63. The summed E-state index contributed by atoms with van der Waals surface area (Å²) in [5, 5.41) is 3.91. The minimum absolute atomic E-state index is 0.0227. The molecule has 1 N–H and O–H groups in total. The van der Waals surface area contributed by atoms with E-state index in [9.17, 15) is 0 Å². The Morgan fingerprint density at radius 1 is 0.879 bits per heavy atom. The number of nitrogens with zero attached hydrogens (tertiary/aromatic N) is 2. The van der Waals surface area contributed by atoms with E-state index in [1.807, 2.05) is 16.9 Å². The maximum absolute atomic E-state index is 6.52. The fourth-order valence-electron chi connectivity index (χ4n) is 5.54. The number of para-hydroxylation sites is 1.